The van der Waals surface area contributed by atoms with Gasteiger partial charge in [-0.15, -0.1) is 0 Å². The van der Waals surface area contributed by atoms with E-state index < -0.39 is 0 Å². The summed E-state index contributed by atoms with van der Waals surface area (Å²) in [6.45, 7) is 0. The SMILES string of the molecule is CN(C)C(=O)c1ccn(-c2nccnc2C(N)=S)n1. The average molecular weight is 276 g/mol. The Labute approximate surface area is 115 Å². The van der Waals surface area contributed by atoms with Crippen molar-refractivity contribution in [3.05, 3.63) is 36.0 Å². The van der Waals surface area contributed by atoms with Crippen molar-refractivity contribution in [2.75, 3.05) is 14.1 Å². The third-order valence-electron chi connectivity index (χ3n) is 2.34. The monoisotopic (exact) mass is 276 g/mol. The average Bonchev–Trinajstić information content (AvgIpc) is 2.87. The molecule has 0 atom stereocenters. The Morgan fingerprint density at radius 2 is 2.05 bits per heavy atom. The number of hydrogen-bond donors (Lipinski definition) is 1. The normalized spacial score (nSPS) is 10.2. The molecule has 2 aromatic rings. The molecule has 0 saturated carbocycles. The number of aromatic nitrogens is 4. The van der Waals surface area contributed by atoms with Crippen LogP contribution in [0, 0.1) is 0 Å². The van der Waals surface area contributed by atoms with Gasteiger partial charge in [-0.25, -0.2) is 14.6 Å². The van der Waals surface area contributed by atoms with Gasteiger partial charge in [0.2, 0.25) is 0 Å². The van der Waals surface area contributed by atoms with Gasteiger partial charge in [0.25, 0.3) is 5.91 Å². The van der Waals surface area contributed by atoms with E-state index >= 15 is 0 Å². The molecule has 2 rings (SSSR count). The number of rotatable bonds is 3. The minimum atomic E-state index is -0.195. The summed E-state index contributed by atoms with van der Waals surface area (Å²) < 4.78 is 1.43. The fourth-order valence-corrected chi connectivity index (χ4v) is 1.60. The van der Waals surface area contributed by atoms with Crippen molar-refractivity contribution in [2.24, 2.45) is 5.73 Å². The van der Waals surface area contributed by atoms with E-state index in [1.54, 1.807) is 26.4 Å². The fraction of sp³-hybridized carbons (Fsp3) is 0.182. The first-order chi connectivity index (χ1) is 9.00. The van der Waals surface area contributed by atoms with Crippen LogP contribution in [0.15, 0.2) is 24.7 Å². The highest BCUT2D eigenvalue weighted by molar-refractivity contribution is 7.80. The van der Waals surface area contributed by atoms with Crippen LogP contribution < -0.4 is 5.73 Å². The Morgan fingerprint density at radius 1 is 1.37 bits per heavy atom. The predicted molar refractivity (Wildman–Crippen MR) is 73.1 cm³/mol. The predicted octanol–water partition coefficient (Wildman–Crippen LogP) is -0.00170. The zero-order valence-electron chi connectivity index (χ0n) is 10.4. The molecule has 2 N–H and O–H groups in total. The second kappa shape index (κ2) is 5.11. The highest BCUT2D eigenvalue weighted by Crippen LogP contribution is 2.09. The lowest BCUT2D eigenvalue weighted by atomic mass is 10.4. The molecule has 0 saturated heterocycles. The van der Waals surface area contributed by atoms with Gasteiger partial charge in [-0.05, 0) is 6.07 Å². The van der Waals surface area contributed by atoms with Crippen LogP contribution >= 0.6 is 12.2 Å². The third kappa shape index (κ3) is 2.58. The quantitative estimate of drug-likeness (QED) is 0.794. The topological polar surface area (TPSA) is 89.9 Å². The Bertz CT molecular complexity index is 636. The second-order valence-electron chi connectivity index (χ2n) is 3.94. The first kappa shape index (κ1) is 13.1. The molecule has 0 aromatic carbocycles. The van der Waals surface area contributed by atoms with Gasteiger partial charge in [-0.2, -0.15) is 5.10 Å². The lowest BCUT2D eigenvalue weighted by Gasteiger charge is -2.07. The van der Waals surface area contributed by atoms with Gasteiger partial charge in [-0.1, -0.05) is 12.2 Å². The second-order valence-corrected chi connectivity index (χ2v) is 4.38. The maximum Gasteiger partial charge on any atom is 0.273 e. The van der Waals surface area contributed by atoms with Crippen molar-refractivity contribution < 1.29 is 4.79 Å². The number of nitrogens with zero attached hydrogens (tertiary/aromatic N) is 5. The maximum atomic E-state index is 11.8. The van der Waals surface area contributed by atoms with Crippen LogP contribution in [-0.2, 0) is 0 Å². The van der Waals surface area contributed by atoms with Gasteiger partial charge in [0.15, 0.2) is 11.5 Å². The van der Waals surface area contributed by atoms with Crippen LogP contribution in [0.1, 0.15) is 16.2 Å². The van der Waals surface area contributed by atoms with E-state index in [9.17, 15) is 4.79 Å². The first-order valence-electron chi connectivity index (χ1n) is 5.39. The molecule has 1 amide bonds. The Balaban J connectivity index is 2.44. The summed E-state index contributed by atoms with van der Waals surface area (Å²) in [6.07, 6.45) is 4.61. The Morgan fingerprint density at radius 3 is 2.68 bits per heavy atom. The molecule has 0 bridgehead atoms. The number of amides is 1. The minimum absolute atomic E-state index is 0.124. The molecular formula is C11H12N6OS. The molecule has 0 fully saturated rings. The molecule has 19 heavy (non-hydrogen) atoms. The highest BCUT2D eigenvalue weighted by atomic mass is 32.1. The number of thiocarbonyl (C=S) groups is 1. The maximum absolute atomic E-state index is 11.8. The van der Waals surface area contributed by atoms with E-state index in [2.05, 4.69) is 15.1 Å². The van der Waals surface area contributed by atoms with Crippen LogP contribution in [0.3, 0.4) is 0 Å². The summed E-state index contributed by atoms with van der Waals surface area (Å²) in [7, 11) is 3.31. The van der Waals surface area contributed by atoms with Gasteiger partial charge in [0, 0.05) is 32.7 Å². The number of carbonyl (C=O) groups excluding carboxylic acids is 1. The van der Waals surface area contributed by atoms with E-state index in [1.807, 2.05) is 0 Å². The summed E-state index contributed by atoms with van der Waals surface area (Å²) in [6, 6.07) is 1.60. The van der Waals surface area contributed by atoms with E-state index in [4.69, 9.17) is 18.0 Å². The van der Waals surface area contributed by atoms with Crippen molar-refractivity contribution in [3.8, 4) is 5.82 Å². The molecule has 8 heteroatoms. The van der Waals surface area contributed by atoms with Crippen molar-refractivity contribution in [1.82, 2.24) is 24.6 Å². The van der Waals surface area contributed by atoms with Gasteiger partial charge < -0.3 is 10.6 Å². The van der Waals surface area contributed by atoms with Crippen LogP contribution in [0.5, 0.6) is 0 Å². The van der Waals surface area contributed by atoms with Crippen LogP contribution in [0.2, 0.25) is 0 Å². The summed E-state index contributed by atoms with van der Waals surface area (Å²) in [4.78, 5) is 21.5. The van der Waals surface area contributed by atoms with Crippen molar-refractivity contribution in [1.29, 1.82) is 0 Å². The molecule has 0 aliphatic carbocycles. The van der Waals surface area contributed by atoms with E-state index in [-0.39, 0.29) is 10.9 Å². The molecule has 7 nitrogen and oxygen atoms in total. The van der Waals surface area contributed by atoms with Gasteiger partial charge in [-0.3, -0.25) is 4.79 Å². The van der Waals surface area contributed by atoms with Crippen LogP contribution in [0.25, 0.3) is 5.82 Å². The molecule has 0 unspecified atom stereocenters. The molecule has 0 aliphatic heterocycles. The highest BCUT2D eigenvalue weighted by Gasteiger charge is 2.15. The smallest absolute Gasteiger partial charge is 0.273 e. The molecule has 0 aliphatic rings. The van der Waals surface area contributed by atoms with E-state index in [1.165, 1.54) is 22.0 Å². The third-order valence-corrected chi connectivity index (χ3v) is 2.54. The summed E-state index contributed by atoms with van der Waals surface area (Å²) >= 11 is 4.91. The van der Waals surface area contributed by atoms with Gasteiger partial charge in [0.1, 0.15) is 10.7 Å². The molecular weight excluding hydrogens is 264 g/mol. The summed E-state index contributed by atoms with van der Waals surface area (Å²) in [5.41, 5.74) is 6.25. The summed E-state index contributed by atoms with van der Waals surface area (Å²) in [5.74, 6) is 0.201. The molecule has 98 valence electrons. The molecule has 2 aromatic heterocycles. The van der Waals surface area contributed by atoms with Crippen LogP contribution in [0.4, 0.5) is 0 Å². The standard InChI is InChI=1S/C11H12N6OS/c1-16(2)11(18)7-3-6-17(15-7)10-8(9(12)19)13-4-5-14-10/h3-6H,1-2H3,(H2,12,19). The molecule has 2 heterocycles. The number of carbonyl (C=O) groups is 1. The van der Waals surface area contributed by atoms with E-state index in [0.717, 1.165) is 0 Å². The molecule has 0 radical (unpaired) electrons. The fourth-order valence-electron chi connectivity index (χ4n) is 1.46. The zero-order valence-corrected chi connectivity index (χ0v) is 11.3. The Hall–Kier alpha value is -2.35. The lowest BCUT2D eigenvalue weighted by Crippen LogP contribution is -2.22. The van der Waals surface area contributed by atoms with Crippen molar-refractivity contribution >= 4 is 23.1 Å². The first-order valence-corrected chi connectivity index (χ1v) is 5.80. The van der Waals surface area contributed by atoms with Gasteiger partial charge in [0.05, 0.1) is 0 Å². The minimum Gasteiger partial charge on any atom is -0.388 e. The van der Waals surface area contributed by atoms with Crippen LogP contribution in [-0.4, -0.2) is 49.6 Å². The van der Waals surface area contributed by atoms with Gasteiger partial charge >= 0.3 is 0 Å². The zero-order chi connectivity index (χ0) is 14.0. The van der Waals surface area contributed by atoms with E-state index in [0.29, 0.717) is 17.2 Å². The van der Waals surface area contributed by atoms with Crippen molar-refractivity contribution in [3.63, 3.8) is 0 Å². The number of hydrogen-bond acceptors (Lipinski definition) is 5. The van der Waals surface area contributed by atoms with Crippen molar-refractivity contribution in [2.45, 2.75) is 0 Å². The molecule has 0 spiro atoms. The lowest BCUT2D eigenvalue weighted by molar-refractivity contribution is 0.0821. The summed E-state index contributed by atoms with van der Waals surface area (Å²) in [5, 5.41) is 4.15. The Kier molecular flexibility index (Phi) is 3.52. The largest absolute Gasteiger partial charge is 0.388 e. The number of nitrogens with two attached hydrogens (primary N) is 1.